The summed E-state index contributed by atoms with van der Waals surface area (Å²) in [5.41, 5.74) is 2.92. The van der Waals surface area contributed by atoms with Crippen molar-refractivity contribution in [2.24, 2.45) is 0 Å². The number of urea groups is 1. The molecule has 0 spiro atoms. The molecule has 1 aliphatic heterocycles. The van der Waals surface area contributed by atoms with Crippen molar-refractivity contribution in [1.82, 2.24) is 5.32 Å². The minimum absolute atomic E-state index is 0.145. The number of carbonyl (C=O) groups excluding carboxylic acids is 3. The number of methoxy groups -OCH3 is 2. The summed E-state index contributed by atoms with van der Waals surface area (Å²) in [5.74, 6) is 0.291. The molecule has 0 bridgehead atoms. The Kier molecular flexibility index (Phi) is 9.72. The lowest BCUT2D eigenvalue weighted by atomic mass is 9.84. The second kappa shape index (κ2) is 13.3. The van der Waals surface area contributed by atoms with E-state index in [-0.39, 0.29) is 31.0 Å². The number of carbonyl (C=O) groups is 3. The summed E-state index contributed by atoms with van der Waals surface area (Å²) in [6.45, 7) is 6.39. The zero-order valence-electron chi connectivity index (χ0n) is 24.8. The third kappa shape index (κ3) is 7.51. The molecule has 0 radical (unpaired) electrons. The van der Waals surface area contributed by atoms with Gasteiger partial charge in [0.05, 0.1) is 25.5 Å². The minimum atomic E-state index is -2.26. The van der Waals surface area contributed by atoms with E-state index in [1.165, 1.54) is 16.3 Å². The summed E-state index contributed by atoms with van der Waals surface area (Å²) in [7, 11) is 3.08. The molecule has 1 unspecified atom stereocenters. The van der Waals surface area contributed by atoms with Gasteiger partial charge in [0.2, 0.25) is 5.91 Å². The highest BCUT2D eigenvalue weighted by Crippen LogP contribution is 2.38. The average Bonchev–Trinajstić information content (AvgIpc) is 2.97. The van der Waals surface area contributed by atoms with Crippen molar-refractivity contribution < 1.29 is 32.6 Å². The van der Waals surface area contributed by atoms with Gasteiger partial charge in [0, 0.05) is 36.4 Å². The lowest BCUT2D eigenvalue weighted by Crippen LogP contribution is -2.49. The average molecular weight is 609 g/mol. The number of amides is 4. The first-order valence-electron chi connectivity index (χ1n) is 13.7. The summed E-state index contributed by atoms with van der Waals surface area (Å²) < 4.78 is 34.3. The number of nitrogens with one attached hydrogen (secondary N) is 2. The molecule has 1 saturated heterocycles. The summed E-state index contributed by atoms with van der Waals surface area (Å²) in [5, 5.41) is 5.18. The molecule has 0 saturated carbocycles. The number of rotatable bonds is 10. The van der Waals surface area contributed by atoms with Crippen LogP contribution in [-0.4, -0.2) is 53.9 Å². The third-order valence-electron chi connectivity index (χ3n) is 7.06. The van der Waals surface area contributed by atoms with Crippen LogP contribution in [0.4, 0.5) is 21.9 Å². The molecule has 11 nitrogen and oxygen atoms in total. The maximum absolute atomic E-state index is 13.6. The number of benzene rings is 3. The van der Waals surface area contributed by atoms with E-state index in [0.717, 1.165) is 16.9 Å². The number of imide groups is 1. The fraction of sp³-hybridized carbons (Fsp3) is 0.323. The van der Waals surface area contributed by atoms with E-state index >= 15 is 0 Å². The highest BCUT2D eigenvalue weighted by molar-refractivity contribution is 7.80. The van der Waals surface area contributed by atoms with Gasteiger partial charge in [-0.25, -0.2) is 9.00 Å². The van der Waals surface area contributed by atoms with Crippen molar-refractivity contribution in [1.29, 1.82) is 0 Å². The Morgan fingerprint density at radius 1 is 1.05 bits per heavy atom. The third-order valence-corrected chi connectivity index (χ3v) is 7.83. The van der Waals surface area contributed by atoms with Crippen LogP contribution in [0, 0.1) is 0 Å². The van der Waals surface area contributed by atoms with Crippen LogP contribution in [0.3, 0.4) is 0 Å². The molecule has 1 fully saturated rings. The molecule has 3 N–H and O–H groups in total. The van der Waals surface area contributed by atoms with Gasteiger partial charge < -0.3 is 14.8 Å². The summed E-state index contributed by atoms with van der Waals surface area (Å²) >= 11 is -2.26. The Bertz CT molecular complexity index is 1520. The maximum atomic E-state index is 13.6. The molecule has 228 valence electrons. The zero-order valence-corrected chi connectivity index (χ0v) is 25.6. The largest absolute Gasteiger partial charge is 0.497 e. The summed E-state index contributed by atoms with van der Waals surface area (Å²) in [6.07, 6.45) is 0.677. The fourth-order valence-electron chi connectivity index (χ4n) is 4.76. The van der Waals surface area contributed by atoms with Crippen LogP contribution in [0.5, 0.6) is 11.5 Å². The minimum Gasteiger partial charge on any atom is -0.497 e. The highest BCUT2D eigenvalue weighted by atomic mass is 32.2. The Morgan fingerprint density at radius 3 is 2.28 bits per heavy atom. The van der Waals surface area contributed by atoms with Crippen molar-refractivity contribution in [3.63, 3.8) is 0 Å². The SMILES string of the molecule is COc1ccc(CCN(c2ccc(NC(=O)c3cc(N4CCC(=O)NC4=O)cc(C(C)(C)C)c3OC)cc2)S(=O)O)cc1. The molecular formula is C31H36N4O7S. The van der Waals surface area contributed by atoms with E-state index in [9.17, 15) is 23.1 Å². The first-order valence-corrected chi connectivity index (χ1v) is 14.7. The molecule has 0 aliphatic carbocycles. The monoisotopic (exact) mass is 608 g/mol. The van der Waals surface area contributed by atoms with Crippen LogP contribution in [0.25, 0.3) is 0 Å². The molecule has 1 aliphatic rings. The normalized spacial score (nSPS) is 14.1. The summed E-state index contributed by atoms with van der Waals surface area (Å²) in [6, 6.07) is 16.9. The standard InChI is InChI=1S/C31H36N4O7S/c1-31(2,3)26-19-23(34-16-15-27(36)33-30(34)38)18-25(28(26)42-5)29(37)32-21-8-10-22(11-9-21)35(43(39)40)17-14-20-6-12-24(41-4)13-7-20/h6-13,18-19H,14-17H2,1-5H3,(H,32,37)(H,39,40)(H,33,36,38). The Balaban J connectivity index is 1.56. The topological polar surface area (TPSA) is 138 Å². The van der Waals surface area contributed by atoms with Crippen molar-refractivity contribution in [3.05, 3.63) is 77.4 Å². The van der Waals surface area contributed by atoms with Gasteiger partial charge in [-0.2, -0.15) is 0 Å². The molecule has 1 heterocycles. The van der Waals surface area contributed by atoms with Gasteiger partial charge in [0.1, 0.15) is 11.5 Å². The second-order valence-corrected chi connectivity index (χ2v) is 11.9. The van der Waals surface area contributed by atoms with Crippen LogP contribution in [0.15, 0.2) is 60.7 Å². The Hall–Kier alpha value is -4.42. The van der Waals surface area contributed by atoms with E-state index in [4.69, 9.17) is 9.47 Å². The number of hydrogen-bond donors (Lipinski definition) is 3. The van der Waals surface area contributed by atoms with Crippen molar-refractivity contribution >= 4 is 46.2 Å². The molecular weight excluding hydrogens is 572 g/mol. The van der Waals surface area contributed by atoms with Gasteiger partial charge in [-0.15, -0.1) is 0 Å². The highest BCUT2D eigenvalue weighted by Gasteiger charge is 2.30. The van der Waals surface area contributed by atoms with Crippen LogP contribution in [-0.2, 0) is 27.9 Å². The van der Waals surface area contributed by atoms with Crippen LogP contribution in [0.1, 0.15) is 48.7 Å². The molecule has 1 atom stereocenters. The summed E-state index contributed by atoms with van der Waals surface area (Å²) in [4.78, 5) is 39.3. The molecule has 43 heavy (non-hydrogen) atoms. The lowest BCUT2D eigenvalue weighted by molar-refractivity contribution is -0.120. The number of ether oxygens (including phenoxy) is 2. The molecule has 3 aromatic rings. The van der Waals surface area contributed by atoms with Crippen molar-refractivity contribution in [3.8, 4) is 11.5 Å². The molecule has 3 aromatic carbocycles. The van der Waals surface area contributed by atoms with E-state index in [2.05, 4.69) is 10.6 Å². The van der Waals surface area contributed by atoms with E-state index < -0.39 is 28.6 Å². The van der Waals surface area contributed by atoms with Gasteiger partial charge in [0.25, 0.3) is 17.2 Å². The molecule has 0 aromatic heterocycles. The maximum Gasteiger partial charge on any atom is 0.328 e. The van der Waals surface area contributed by atoms with Crippen molar-refractivity contribution in [2.75, 3.05) is 41.8 Å². The van der Waals surface area contributed by atoms with Gasteiger partial charge in [-0.05, 0) is 65.9 Å². The molecule has 12 heteroatoms. The Labute approximate surface area is 253 Å². The number of nitrogens with zero attached hydrogens (tertiary/aromatic N) is 2. The predicted octanol–water partition coefficient (Wildman–Crippen LogP) is 4.89. The number of hydrogen-bond acceptors (Lipinski definition) is 6. The Morgan fingerprint density at radius 2 is 1.72 bits per heavy atom. The second-order valence-electron chi connectivity index (χ2n) is 11.0. The predicted molar refractivity (Wildman–Crippen MR) is 166 cm³/mol. The fourth-order valence-corrected chi connectivity index (χ4v) is 5.30. The zero-order chi connectivity index (χ0) is 31.3. The molecule has 4 amide bonds. The van der Waals surface area contributed by atoms with E-state index in [0.29, 0.717) is 29.2 Å². The van der Waals surface area contributed by atoms with Crippen LogP contribution >= 0.6 is 0 Å². The van der Waals surface area contributed by atoms with Gasteiger partial charge in [0.15, 0.2) is 0 Å². The van der Waals surface area contributed by atoms with E-state index in [1.54, 1.807) is 43.5 Å². The lowest BCUT2D eigenvalue weighted by Gasteiger charge is -2.30. The van der Waals surface area contributed by atoms with Gasteiger partial charge >= 0.3 is 6.03 Å². The van der Waals surface area contributed by atoms with Crippen molar-refractivity contribution in [2.45, 2.75) is 39.0 Å². The van der Waals surface area contributed by atoms with Gasteiger partial charge in [-0.3, -0.25) is 28.7 Å². The van der Waals surface area contributed by atoms with Gasteiger partial charge in [-0.1, -0.05) is 32.9 Å². The first-order chi connectivity index (χ1) is 20.4. The number of anilines is 3. The molecule has 4 rings (SSSR count). The van der Waals surface area contributed by atoms with Crippen LogP contribution < -0.4 is 29.3 Å². The van der Waals surface area contributed by atoms with Crippen LogP contribution in [0.2, 0.25) is 0 Å². The quantitative estimate of drug-likeness (QED) is 0.279. The van der Waals surface area contributed by atoms with E-state index in [1.807, 2.05) is 45.0 Å². The smallest absolute Gasteiger partial charge is 0.328 e. The first kappa shape index (κ1) is 31.5.